The number of nitrogens with one attached hydrogen (secondary N) is 1. The fraction of sp³-hybridized carbons (Fsp3) is 0.160. The van der Waals surface area contributed by atoms with E-state index in [0.29, 0.717) is 34.6 Å². The molecule has 0 saturated heterocycles. The van der Waals surface area contributed by atoms with Crippen LogP contribution in [0.25, 0.3) is 16.8 Å². The molecule has 1 amide bonds. The molecule has 1 aliphatic heterocycles. The lowest BCUT2D eigenvalue weighted by Crippen LogP contribution is -2.30. The average molecular weight is 462 g/mol. The first-order chi connectivity index (χ1) is 16.5. The van der Waals surface area contributed by atoms with Gasteiger partial charge in [0.25, 0.3) is 5.91 Å². The van der Waals surface area contributed by atoms with Crippen molar-refractivity contribution in [1.82, 2.24) is 14.7 Å². The van der Waals surface area contributed by atoms with Crippen LogP contribution in [0.4, 0.5) is 8.78 Å². The van der Waals surface area contributed by atoms with Crippen molar-refractivity contribution in [3.8, 4) is 16.9 Å². The summed E-state index contributed by atoms with van der Waals surface area (Å²) in [7, 11) is 0. The number of hydrogen-bond acceptors (Lipinski definition) is 5. The lowest BCUT2D eigenvalue weighted by molar-refractivity contribution is 0.0472. The Morgan fingerprint density at radius 2 is 1.97 bits per heavy atom. The van der Waals surface area contributed by atoms with Gasteiger partial charge in [0.05, 0.1) is 17.8 Å². The number of aromatic nitrogens is 2. The standard InChI is InChI=1S/C25H20F2N4O3/c26-18-9-17(10-19(27)11-18)22-3-1-2-4-23(22)33-15-21-12-20(30-34-21)13-29-25(32)16-5-6-24-28-7-8-31(24)14-16/h1-11,14,21H,12-13,15H2,(H,29,32). The first kappa shape index (κ1) is 21.6. The van der Waals surface area contributed by atoms with Crippen LogP contribution in [0.5, 0.6) is 5.75 Å². The minimum atomic E-state index is -0.658. The zero-order chi connectivity index (χ0) is 23.5. The van der Waals surface area contributed by atoms with E-state index in [1.54, 1.807) is 59.4 Å². The van der Waals surface area contributed by atoms with Crippen LogP contribution < -0.4 is 10.1 Å². The number of pyridine rings is 1. The number of ether oxygens (including phenoxy) is 1. The van der Waals surface area contributed by atoms with E-state index >= 15 is 0 Å². The third-order valence-electron chi connectivity index (χ3n) is 5.38. The summed E-state index contributed by atoms with van der Waals surface area (Å²) in [6.45, 7) is 0.434. The number of carbonyl (C=O) groups is 1. The molecule has 1 atom stereocenters. The van der Waals surface area contributed by atoms with E-state index in [0.717, 1.165) is 11.7 Å². The molecule has 2 aromatic carbocycles. The summed E-state index contributed by atoms with van der Waals surface area (Å²) >= 11 is 0. The van der Waals surface area contributed by atoms with Gasteiger partial charge in [0, 0.05) is 36.6 Å². The fourth-order valence-electron chi connectivity index (χ4n) is 3.74. The molecule has 9 heteroatoms. The van der Waals surface area contributed by atoms with Gasteiger partial charge in [-0.25, -0.2) is 13.8 Å². The smallest absolute Gasteiger partial charge is 0.253 e. The molecule has 3 heterocycles. The summed E-state index contributed by atoms with van der Waals surface area (Å²) in [5.41, 5.74) is 2.91. The molecule has 0 spiro atoms. The number of oxime groups is 1. The van der Waals surface area contributed by atoms with Gasteiger partial charge in [-0.2, -0.15) is 0 Å². The van der Waals surface area contributed by atoms with Gasteiger partial charge in [-0.05, 0) is 35.9 Å². The van der Waals surface area contributed by atoms with E-state index in [1.807, 2.05) is 0 Å². The quantitative estimate of drug-likeness (QED) is 0.446. The summed E-state index contributed by atoms with van der Waals surface area (Å²) < 4.78 is 35.0. The number of carbonyl (C=O) groups excluding carboxylic acids is 1. The van der Waals surface area contributed by atoms with Gasteiger partial charge in [0.1, 0.15) is 29.6 Å². The van der Waals surface area contributed by atoms with E-state index in [-0.39, 0.29) is 25.2 Å². The lowest BCUT2D eigenvalue weighted by atomic mass is 10.0. The van der Waals surface area contributed by atoms with Crippen LogP contribution in [0.3, 0.4) is 0 Å². The molecular weight excluding hydrogens is 442 g/mol. The SMILES string of the molecule is O=C(NCC1=NOC(COc2ccccc2-c2cc(F)cc(F)c2)C1)c1ccc2nccn2c1. The fourth-order valence-corrected chi connectivity index (χ4v) is 3.74. The van der Waals surface area contributed by atoms with Crippen molar-refractivity contribution < 1.29 is 23.1 Å². The van der Waals surface area contributed by atoms with Crippen molar-refractivity contribution in [2.45, 2.75) is 12.5 Å². The molecule has 7 nitrogen and oxygen atoms in total. The van der Waals surface area contributed by atoms with Gasteiger partial charge in [0.15, 0.2) is 6.10 Å². The van der Waals surface area contributed by atoms with Crippen LogP contribution in [0.1, 0.15) is 16.8 Å². The summed E-state index contributed by atoms with van der Waals surface area (Å²) in [5, 5.41) is 6.89. The van der Waals surface area contributed by atoms with Crippen molar-refractivity contribution in [3.05, 3.63) is 90.4 Å². The number of halogens is 2. The van der Waals surface area contributed by atoms with Crippen molar-refractivity contribution >= 4 is 17.3 Å². The molecule has 4 aromatic rings. The zero-order valence-electron chi connectivity index (χ0n) is 17.9. The maximum absolute atomic E-state index is 13.7. The highest BCUT2D eigenvalue weighted by atomic mass is 19.1. The number of para-hydroxylation sites is 1. The van der Waals surface area contributed by atoms with E-state index in [9.17, 15) is 13.6 Å². The minimum Gasteiger partial charge on any atom is -0.489 e. The number of hydrogen-bond donors (Lipinski definition) is 1. The number of nitrogens with zero attached hydrogens (tertiary/aromatic N) is 3. The zero-order valence-corrected chi connectivity index (χ0v) is 17.9. The van der Waals surface area contributed by atoms with Gasteiger partial charge in [-0.3, -0.25) is 4.79 Å². The lowest BCUT2D eigenvalue weighted by Gasteiger charge is -2.14. The first-order valence-electron chi connectivity index (χ1n) is 10.7. The third kappa shape index (κ3) is 4.73. The predicted octanol–water partition coefficient (Wildman–Crippen LogP) is 4.23. The average Bonchev–Trinajstić information content (AvgIpc) is 3.49. The summed E-state index contributed by atoms with van der Waals surface area (Å²) in [4.78, 5) is 22.1. The Bertz CT molecular complexity index is 1370. The summed E-state index contributed by atoms with van der Waals surface area (Å²) in [6.07, 6.45) is 5.29. The van der Waals surface area contributed by atoms with E-state index in [4.69, 9.17) is 9.57 Å². The van der Waals surface area contributed by atoms with Gasteiger partial charge in [-0.15, -0.1) is 0 Å². The number of rotatable bonds is 7. The molecule has 0 bridgehead atoms. The maximum Gasteiger partial charge on any atom is 0.253 e. The Labute approximate surface area is 193 Å². The molecule has 1 unspecified atom stereocenters. The number of imidazole rings is 1. The van der Waals surface area contributed by atoms with Crippen molar-refractivity contribution in [3.63, 3.8) is 0 Å². The van der Waals surface area contributed by atoms with Gasteiger partial charge in [0.2, 0.25) is 0 Å². The van der Waals surface area contributed by atoms with E-state index < -0.39 is 11.6 Å². The molecule has 0 aliphatic carbocycles. The van der Waals surface area contributed by atoms with E-state index in [2.05, 4.69) is 15.5 Å². The molecule has 5 rings (SSSR count). The molecule has 0 saturated carbocycles. The molecular formula is C25H20F2N4O3. The van der Waals surface area contributed by atoms with Crippen LogP contribution >= 0.6 is 0 Å². The monoisotopic (exact) mass is 462 g/mol. The largest absolute Gasteiger partial charge is 0.489 e. The normalized spacial score (nSPS) is 15.1. The summed E-state index contributed by atoms with van der Waals surface area (Å²) in [6, 6.07) is 13.8. The Hall–Kier alpha value is -4.27. The van der Waals surface area contributed by atoms with Crippen LogP contribution in [0, 0.1) is 11.6 Å². The van der Waals surface area contributed by atoms with Crippen molar-refractivity contribution in [2.24, 2.45) is 5.16 Å². The minimum absolute atomic E-state index is 0.188. The van der Waals surface area contributed by atoms with Crippen LogP contribution in [0.2, 0.25) is 0 Å². The predicted molar refractivity (Wildman–Crippen MR) is 122 cm³/mol. The second-order valence-electron chi connectivity index (χ2n) is 7.85. The van der Waals surface area contributed by atoms with E-state index in [1.165, 1.54) is 12.1 Å². The highest BCUT2D eigenvalue weighted by molar-refractivity contribution is 5.98. The topological polar surface area (TPSA) is 77.2 Å². The molecule has 1 N–H and O–H groups in total. The third-order valence-corrected chi connectivity index (χ3v) is 5.38. The molecule has 2 aromatic heterocycles. The Morgan fingerprint density at radius 3 is 2.82 bits per heavy atom. The number of fused-ring (bicyclic) bond motifs is 1. The summed E-state index contributed by atoms with van der Waals surface area (Å²) in [5.74, 6) is -1.06. The van der Waals surface area contributed by atoms with Gasteiger partial charge in [-0.1, -0.05) is 23.4 Å². The Kier molecular flexibility index (Phi) is 5.90. The first-order valence-corrected chi connectivity index (χ1v) is 10.7. The van der Waals surface area contributed by atoms with Crippen LogP contribution in [-0.4, -0.2) is 40.3 Å². The Balaban J connectivity index is 1.15. The van der Waals surface area contributed by atoms with Gasteiger partial charge >= 0.3 is 0 Å². The number of amides is 1. The second kappa shape index (κ2) is 9.30. The molecule has 0 radical (unpaired) electrons. The highest BCUT2D eigenvalue weighted by Gasteiger charge is 2.23. The molecule has 1 aliphatic rings. The maximum atomic E-state index is 13.7. The molecule has 34 heavy (non-hydrogen) atoms. The number of benzene rings is 2. The Morgan fingerprint density at radius 1 is 1.15 bits per heavy atom. The van der Waals surface area contributed by atoms with Crippen LogP contribution in [0.15, 0.2) is 78.3 Å². The van der Waals surface area contributed by atoms with Crippen LogP contribution in [-0.2, 0) is 4.84 Å². The van der Waals surface area contributed by atoms with Gasteiger partial charge < -0.3 is 19.3 Å². The van der Waals surface area contributed by atoms with Crippen molar-refractivity contribution in [1.29, 1.82) is 0 Å². The molecule has 0 fully saturated rings. The van der Waals surface area contributed by atoms with Crippen molar-refractivity contribution in [2.75, 3.05) is 13.2 Å². The highest BCUT2D eigenvalue weighted by Crippen LogP contribution is 2.31. The second-order valence-corrected chi connectivity index (χ2v) is 7.85. The molecule has 172 valence electrons.